The van der Waals surface area contributed by atoms with Gasteiger partial charge in [-0.15, -0.1) is 0 Å². The first kappa shape index (κ1) is 15.7. The maximum atomic E-state index is 12.2. The molecule has 0 unspecified atom stereocenters. The van der Waals surface area contributed by atoms with E-state index < -0.39 is 5.97 Å². The van der Waals surface area contributed by atoms with E-state index in [1.165, 1.54) is 6.07 Å². The Morgan fingerprint density at radius 2 is 1.67 bits per heavy atom. The summed E-state index contributed by atoms with van der Waals surface area (Å²) < 4.78 is 10.3. The number of esters is 1. The van der Waals surface area contributed by atoms with Crippen molar-refractivity contribution in [3.63, 3.8) is 0 Å². The zero-order chi connectivity index (χ0) is 17.1. The molecule has 0 aliphatic carbocycles. The monoisotopic (exact) mass is 324 g/mol. The molecule has 2 N–H and O–H groups in total. The van der Waals surface area contributed by atoms with Gasteiger partial charge in [-0.2, -0.15) is 0 Å². The summed E-state index contributed by atoms with van der Waals surface area (Å²) in [5.41, 5.74) is 0.716. The number of phenolic OH excluding ortho intramolecular Hbond substituents is 2. The maximum Gasteiger partial charge on any atom is 0.342 e. The van der Waals surface area contributed by atoms with Gasteiger partial charge in [0.25, 0.3) is 0 Å². The predicted octanol–water partition coefficient (Wildman–Crippen LogP) is 3.62. The highest BCUT2D eigenvalue weighted by atomic mass is 16.5. The van der Waals surface area contributed by atoms with Gasteiger partial charge in [0.2, 0.25) is 0 Å². The van der Waals surface area contributed by atoms with Crippen LogP contribution in [0.3, 0.4) is 0 Å². The third-order valence-electron chi connectivity index (χ3n) is 3.74. The Kier molecular flexibility index (Phi) is 4.24. The van der Waals surface area contributed by atoms with Gasteiger partial charge in [0.15, 0.2) is 0 Å². The fraction of sp³-hybridized carbons (Fsp3) is 0.105. The standard InChI is InChI=1S/C19H16O5/c1-23-13-8-6-12(7-9-13)11-24-19(22)16-10-17(20)14-4-2-3-5-15(14)18(16)21/h2-10,20-21H,11H2,1H3. The zero-order valence-corrected chi connectivity index (χ0v) is 13.0. The maximum absolute atomic E-state index is 12.2. The van der Waals surface area contributed by atoms with Crippen molar-refractivity contribution in [1.29, 1.82) is 0 Å². The first-order valence-corrected chi connectivity index (χ1v) is 7.34. The minimum absolute atomic E-state index is 0.0514. The highest BCUT2D eigenvalue weighted by Crippen LogP contribution is 2.35. The van der Waals surface area contributed by atoms with Gasteiger partial charge in [0.05, 0.1) is 7.11 Å². The second kappa shape index (κ2) is 6.50. The van der Waals surface area contributed by atoms with Gasteiger partial charge in [-0.05, 0) is 23.8 Å². The van der Waals surface area contributed by atoms with Crippen molar-refractivity contribution in [3.05, 3.63) is 65.7 Å². The molecule has 3 aromatic carbocycles. The lowest BCUT2D eigenvalue weighted by atomic mass is 10.0. The van der Waals surface area contributed by atoms with Crippen LogP contribution < -0.4 is 4.74 Å². The Labute approximate surface area is 138 Å². The second-order valence-electron chi connectivity index (χ2n) is 5.26. The number of carbonyl (C=O) groups is 1. The molecule has 0 aliphatic heterocycles. The average molecular weight is 324 g/mol. The van der Waals surface area contributed by atoms with E-state index in [1.807, 2.05) is 0 Å². The van der Waals surface area contributed by atoms with E-state index in [0.29, 0.717) is 16.5 Å². The molecule has 0 aromatic heterocycles. The van der Waals surface area contributed by atoms with E-state index in [-0.39, 0.29) is 23.7 Å². The molecule has 0 heterocycles. The van der Waals surface area contributed by atoms with Crippen LogP contribution in [0, 0.1) is 0 Å². The van der Waals surface area contributed by atoms with Crippen LogP contribution in [0.15, 0.2) is 54.6 Å². The van der Waals surface area contributed by atoms with Crippen LogP contribution >= 0.6 is 0 Å². The van der Waals surface area contributed by atoms with Crippen LogP contribution in [-0.2, 0) is 11.3 Å². The van der Waals surface area contributed by atoms with E-state index in [4.69, 9.17) is 9.47 Å². The number of fused-ring (bicyclic) bond motifs is 1. The van der Waals surface area contributed by atoms with Gasteiger partial charge in [-0.1, -0.05) is 36.4 Å². The quantitative estimate of drug-likeness (QED) is 0.566. The fourth-order valence-electron chi connectivity index (χ4n) is 2.44. The third kappa shape index (κ3) is 2.96. The Bertz CT molecular complexity index is 884. The van der Waals surface area contributed by atoms with Crippen molar-refractivity contribution in [2.24, 2.45) is 0 Å². The molecule has 0 spiro atoms. The fourth-order valence-corrected chi connectivity index (χ4v) is 2.44. The van der Waals surface area contributed by atoms with Crippen LogP contribution in [0.4, 0.5) is 0 Å². The molecule has 3 rings (SSSR count). The Morgan fingerprint density at radius 3 is 2.33 bits per heavy atom. The number of ether oxygens (including phenoxy) is 2. The van der Waals surface area contributed by atoms with Crippen LogP contribution in [0.2, 0.25) is 0 Å². The summed E-state index contributed by atoms with van der Waals surface area (Å²) in [6.07, 6.45) is 0. The molecule has 0 saturated carbocycles. The minimum atomic E-state index is -0.704. The summed E-state index contributed by atoms with van der Waals surface area (Å²) in [7, 11) is 1.57. The molecule has 122 valence electrons. The van der Waals surface area contributed by atoms with Crippen molar-refractivity contribution in [3.8, 4) is 17.2 Å². The Morgan fingerprint density at radius 1 is 1.00 bits per heavy atom. The zero-order valence-electron chi connectivity index (χ0n) is 13.0. The van der Waals surface area contributed by atoms with Gasteiger partial charge in [-0.25, -0.2) is 4.79 Å². The Balaban J connectivity index is 1.82. The van der Waals surface area contributed by atoms with Crippen molar-refractivity contribution >= 4 is 16.7 Å². The molecular formula is C19H16O5. The number of phenols is 2. The van der Waals surface area contributed by atoms with E-state index in [1.54, 1.807) is 55.6 Å². The SMILES string of the molecule is COc1ccc(COC(=O)c2cc(O)c3ccccc3c2O)cc1. The van der Waals surface area contributed by atoms with E-state index in [0.717, 1.165) is 5.56 Å². The van der Waals surface area contributed by atoms with Gasteiger partial charge < -0.3 is 19.7 Å². The number of benzene rings is 3. The highest BCUT2D eigenvalue weighted by Gasteiger charge is 2.18. The van der Waals surface area contributed by atoms with Crippen molar-refractivity contribution in [2.75, 3.05) is 7.11 Å². The van der Waals surface area contributed by atoms with Gasteiger partial charge in [0, 0.05) is 10.8 Å². The molecule has 0 atom stereocenters. The number of methoxy groups -OCH3 is 1. The highest BCUT2D eigenvalue weighted by molar-refractivity contribution is 6.03. The van der Waals surface area contributed by atoms with Crippen LogP contribution in [-0.4, -0.2) is 23.3 Å². The summed E-state index contributed by atoms with van der Waals surface area (Å²) in [6, 6.07) is 15.1. The van der Waals surface area contributed by atoms with E-state index in [9.17, 15) is 15.0 Å². The lowest BCUT2D eigenvalue weighted by Crippen LogP contribution is -2.06. The Hall–Kier alpha value is -3.21. The third-order valence-corrected chi connectivity index (χ3v) is 3.74. The normalized spacial score (nSPS) is 10.5. The summed E-state index contributed by atoms with van der Waals surface area (Å²) in [5, 5.41) is 21.2. The molecule has 5 heteroatoms. The number of hydrogen-bond donors (Lipinski definition) is 2. The van der Waals surface area contributed by atoms with Gasteiger partial charge >= 0.3 is 5.97 Å². The lowest BCUT2D eigenvalue weighted by molar-refractivity contribution is 0.0469. The minimum Gasteiger partial charge on any atom is -0.507 e. The van der Waals surface area contributed by atoms with Gasteiger partial charge in [0.1, 0.15) is 29.4 Å². The van der Waals surface area contributed by atoms with Crippen molar-refractivity contribution in [2.45, 2.75) is 6.61 Å². The molecule has 24 heavy (non-hydrogen) atoms. The number of hydrogen-bond acceptors (Lipinski definition) is 5. The molecule has 0 fully saturated rings. The smallest absolute Gasteiger partial charge is 0.342 e. The molecule has 0 bridgehead atoms. The first-order valence-electron chi connectivity index (χ1n) is 7.34. The predicted molar refractivity (Wildman–Crippen MR) is 89.4 cm³/mol. The molecule has 0 radical (unpaired) electrons. The van der Waals surface area contributed by atoms with Crippen LogP contribution in [0.1, 0.15) is 15.9 Å². The number of aromatic hydroxyl groups is 2. The van der Waals surface area contributed by atoms with Crippen LogP contribution in [0.5, 0.6) is 17.2 Å². The summed E-state index contributed by atoms with van der Waals surface area (Å²) in [4.78, 5) is 12.2. The van der Waals surface area contributed by atoms with Gasteiger partial charge in [-0.3, -0.25) is 0 Å². The van der Waals surface area contributed by atoms with E-state index in [2.05, 4.69) is 0 Å². The van der Waals surface area contributed by atoms with Crippen molar-refractivity contribution < 1.29 is 24.5 Å². The topological polar surface area (TPSA) is 76.0 Å². The summed E-state index contributed by atoms with van der Waals surface area (Å²) in [6.45, 7) is 0.0514. The number of carbonyl (C=O) groups excluding carboxylic acids is 1. The lowest BCUT2D eigenvalue weighted by Gasteiger charge is -2.10. The first-order chi connectivity index (χ1) is 11.6. The second-order valence-corrected chi connectivity index (χ2v) is 5.26. The molecule has 0 amide bonds. The molecular weight excluding hydrogens is 308 g/mol. The molecule has 0 saturated heterocycles. The molecule has 0 aliphatic rings. The van der Waals surface area contributed by atoms with E-state index >= 15 is 0 Å². The largest absolute Gasteiger partial charge is 0.507 e. The van der Waals surface area contributed by atoms with Crippen LogP contribution in [0.25, 0.3) is 10.8 Å². The molecule has 3 aromatic rings. The number of rotatable bonds is 4. The summed E-state index contributed by atoms with van der Waals surface area (Å²) >= 11 is 0. The average Bonchev–Trinajstić information content (AvgIpc) is 2.63. The summed E-state index contributed by atoms with van der Waals surface area (Å²) in [5.74, 6) is -0.283. The molecule has 5 nitrogen and oxygen atoms in total. The van der Waals surface area contributed by atoms with Crippen molar-refractivity contribution in [1.82, 2.24) is 0 Å².